The fourth-order valence-electron chi connectivity index (χ4n) is 1.96. The quantitative estimate of drug-likeness (QED) is 0.823. The van der Waals surface area contributed by atoms with Gasteiger partial charge >= 0.3 is 0 Å². The molecule has 19 heavy (non-hydrogen) atoms. The summed E-state index contributed by atoms with van der Waals surface area (Å²) in [7, 11) is 1.79. The monoisotopic (exact) mass is 263 g/mol. The van der Waals surface area contributed by atoms with Crippen molar-refractivity contribution in [3.05, 3.63) is 18.2 Å². The number of carbonyl (C=O) groups is 1. The summed E-state index contributed by atoms with van der Waals surface area (Å²) in [5.41, 5.74) is 0.817. The number of amides is 1. The summed E-state index contributed by atoms with van der Waals surface area (Å²) in [6, 6.07) is 5.59. The SMILES string of the molecule is CN(C(=O)CC(C)(C)C)c1ccc2c(c1)OCCO2. The summed E-state index contributed by atoms with van der Waals surface area (Å²) >= 11 is 0. The normalized spacial score (nSPS) is 14.1. The van der Waals surface area contributed by atoms with Crippen LogP contribution >= 0.6 is 0 Å². The van der Waals surface area contributed by atoms with Crippen LogP contribution in [-0.2, 0) is 4.79 Å². The number of anilines is 1. The zero-order valence-corrected chi connectivity index (χ0v) is 12.0. The van der Waals surface area contributed by atoms with Gasteiger partial charge in [-0.05, 0) is 17.5 Å². The first-order valence-electron chi connectivity index (χ1n) is 6.53. The molecule has 0 spiro atoms. The molecule has 0 unspecified atom stereocenters. The summed E-state index contributed by atoms with van der Waals surface area (Å²) in [6.45, 7) is 7.30. The highest BCUT2D eigenvalue weighted by atomic mass is 16.6. The summed E-state index contributed by atoms with van der Waals surface area (Å²) in [5, 5.41) is 0. The molecule has 0 aliphatic carbocycles. The molecule has 1 aliphatic heterocycles. The third kappa shape index (κ3) is 3.40. The van der Waals surface area contributed by atoms with E-state index < -0.39 is 0 Å². The molecule has 104 valence electrons. The first-order valence-corrected chi connectivity index (χ1v) is 6.53. The van der Waals surface area contributed by atoms with Crippen LogP contribution in [0.3, 0.4) is 0 Å². The largest absolute Gasteiger partial charge is 0.486 e. The van der Waals surface area contributed by atoms with E-state index in [0.29, 0.717) is 25.4 Å². The summed E-state index contributed by atoms with van der Waals surface area (Å²) in [4.78, 5) is 13.9. The maximum absolute atomic E-state index is 12.2. The lowest BCUT2D eigenvalue weighted by molar-refractivity contribution is -0.120. The van der Waals surface area contributed by atoms with Gasteiger partial charge in [-0.25, -0.2) is 0 Å². The highest BCUT2D eigenvalue weighted by Gasteiger charge is 2.21. The molecule has 2 rings (SSSR count). The van der Waals surface area contributed by atoms with Gasteiger partial charge in [0.15, 0.2) is 11.5 Å². The highest BCUT2D eigenvalue weighted by Crippen LogP contribution is 2.34. The van der Waals surface area contributed by atoms with E-state index >= 15 is 0 Å². The Morgan fingerprint density at radius 3 is 2.47 bits per heavy atom. The molecule has 0 radical (unpaired) electrons. The van der Waals surface area contributed by atoms with E-state index in [1.807, 2.05) is 18.2 Å². The first kappa shape index (κ1) is 13.7. The molecule has 0 atom stereocenters. The molecule has 0 saturated carbocycles. The molecule has 0 saturated heterocycles. The molecule has 0 bridgehead atoms. The van der Waals surface area contributed by atoms with Crippen LogP contribution in [0, 0.1) is 5.41 Å². The van der Waals surface area contributed by atoms with Crippen LogP contribution in [0.2, 0.25) is 0 Å². The fourth-order valence-corrected chi connectivity index (χ4v) is 1.96. The molecule has 1 aromatic carbocycles. The molecule has 0 aromatic heterocycles. The predicted octanol–water partition coefficient (Wildman–Crippen LogP) is 2.86. The van der Waals surface area contributed by atoms with E-state index in [0.717, 1.165) is 11.4 Å². The molecule has 0 fully saturated rings. The van der Waals surface area contributed by atoms with Gasteiger partial charge < -0.3 is 14.4 Å². The van der Waals surface area contributed by atoms with Crippen molar-refractivity contribution in [3.63, 3.8) is 0 Å². The number of nitrogens with zero attached hydrogens (tertiary/aromatic N) is 1. The van der Waals surface area contributed by atoms with Crippen molar-refractivity contribution in [2.45, 2.75) is 27.2 Å². The van der Waals surface area contributed by atoms with Gasteiger partial charge in [-0.2, -0.15) is 0 Å². The second kappa shape index (κ2) is 5.11. The van der Waals surface area contributed by atoms with Crippen LogP contribution < -0.4 is 14.4 Å². The second-order valence-corrected chi connectivity index (χ2v) is 6.02. The molecule has 1 aromatic rings. The van der Waals surface area contributed by atoms with Crippen LogP contribution in [-0.4, -0.2) is 26.2 Å². The second-order valence-electron chi connectivity index (χ2n) is 6.02. The van der Waals surface area contributed by atoms with Crippen molar-refractivity contribution >= 4 is 11.6 Å². The Labute approximate surface area is 114 Å². The van der Waals surface area contributed by atoms with Crippen LogP contribution in [0.5, 0.6) is 11.5 Å². The van der Waals surface area contributed by atoms with Crippen molar-refractivity contribution in [1.29, 1.82) is 0 Å². The lowest BCUT2D eigenvalue weighted by Crippen LogP contribution is -2.30. The zero-order valence-electron chi connectivity index (χ0n) is 12.0. The van der Waals surface area contributed by atoms with Crippen LogP contribution in [0.25, 0.3) is 0 Å². The van der Waals surface area contributed by atoms with Gasteiger partial charge in [-0.15, -0.1) is 0 Å². The lowest BCUT2D eigenvalue weighted by atomic mass is 9.91. The number of carbonyl (C=O) groups excluding carboxylic acids is 1. The Morgan fingerprint density at radius 1 is 1.21 bits per heavy atom. The van der Waals surface area contributed by atoms with Crippen molar-refractivity contribution in [3.8, 4) is 11.5 Å². The Bertz CT molecular complexity index is 477. The molecule has 4 nitrogen and oxygen atoms in total. The molecule has 1 amide bonds. The van der Waals surface area contributed by atoms with E-state index in [4.69, 9.17) is 9.47 Å². The molecule has 0 N–H and O–H groups in total. The fraction of sp³-hybridized carbons (Fsp3) is 0.533. The minimum absolute atomic E-state index is 0.0147. The Morgan fingerprint density at radius 2 is 1.84 bits per heavy atom. The number of benzene rings is 1. The van der Waals surface area contributed by atoms with Crippen molar-refractivity contribution in [2.75, 3.05) is 25.2 Å². The molecule has 4 heteroatoms. The summed E-state index contributed by atoms with van der Waals surface area (Å²) in [6.07, 6.45) is 0.512. The maximum atomic E-state index is 12.2. The molecule has 1 aliphatic rings. The zero-order chi connectivity index (χ0) is 14.0. The smallest absolute Gasteiger partial charge is 0.227 e. The van der Waals surface area contributed by atoms with Gasteiger partial charge in [0, 0.05) is 25.2 Å². The summed E-state index contributed by atoms with van der Waals surface area (Å²) < 4.78 is 11.0. The number of ether oxygens (including phenoxy) is 2. The third-order valence-corrected chi connectivity index (χ3v) is 2.97. The average Bonchev–Trinajstić information content (AvgIpc) is 2.35. The minimum Gasteiger partial charge on any atom is -0.486 e. The van der Waals surface area contributed by atoms with Crippen LogP contribution in [0.1, 0.15) is 27.2 Å². The number of hydrogen-bond acceptors (Lipinski definition) is 3. The van der Waals surface area contributed by atoms with Gasteiger partial charge in [0.05, 0.1) is 0 Å². The van der Waals surface area contributed by atoms with Crippen LogP contribution in [0.15, 0.2) is 18.2 Å². The average molecular weight is 263 g/mol. The van der Waals surface area contributed by atoms with Crippen LogP contribution in [0.4, 0.5) is 5.69 Å². The standard InChI is InChI=1S/C15H21NO3/c1-15(2,3)10-14(17)16(4)11-5-6-12-13(9-11)19-8-7-18-12/h5-6,9H,7-8,10H2,1-4H3. The highest BCUT2D eigenvalue weighted by molar-refractivity contribution is 5.93. The predicted molar refractivity (Wildman–Crippen MR) is 74.9 cm³/mol. The Kier molecular flexibility index (Phi) is 3.69. The van der Waals surface area contributed by atoms with E-state index in [9.17, 15) is 4.79 Å². The first-order chi connectivity index (χ1) is 8.87. The molecular formula is C15H21NO3. The summed E-state index contributed by atoms with van der Waals surface area (Å²) in [5.74, 6) is 1.55. The van der Waals surface area contributed by atoms with Crippen molar-refractivity contribution < 1.29 is 14.3 Å². The lowest BCUT2D eigenvalue weighted by Gasteiger charge is -2.25. The van der Waals surface area contributed by atoms with E-state index in [2.05, 4.69) is 20.8 Å². The number of fused-ring (bicyclic) bond motifs is 1. The van der Waals surface area contributed by atoms with Gasteiger partial charge in [0.25, 0.3) is 0 Å². The Hall–Kier alpha value is -1.71. The van der Waals surface area contributed by atoms with Gasteiger partial charge in [0.1, 0.15) is 13.2 Å². The maximum Gasteiger partial charge on any atom is 0.227 e. The number of rotatable bonds is 2. The Balaban J connectivity index is 2.15. The minimum atomic E-state index is -0.0147. The van der Waals surface area contributed by atoms with Gasteiger partial charge in [-0.3, -0.25) is 4.79 Å². The molecule has 1 heterocycles. The number of hydrogen-bond donors (Lipinski definition) is 0. The van der Waals surface area contributed by atoms with Gasteiger partial charge in [-0.1, -0.05) is 20.8 Å². The van der Waals surface area contributed by atoms with Crippen molar-refractivity contribution in [2.24, 2.45) is 5.41 Å². The van der Waals surface area contributed by atoms with E-state index in [-0.39, 0.29) is 11.3 Å². The molecular weight excluding hydrogens is 242 g/mol. The third-order valence-electron chi connectivity index (χ3n) is 2.97. The van der Waals surface area contributed by atoms with E-state index in [1.165, 1.54) is 0 Å². The van der Waals surface area contributed by atoms with E-state index in [1.54, 1.807) is 11.9 Å². The van der Waals surface area contributed by atoms with Crippen molar-refractivity contribution in [1.82, 2.24) is 0 Å². The van der Waals surface area contributed by atoms with Gasteiger partial charge in [0.2, 0.25) is 5.91 Å². The topological polar surface area (TPSA) is 38.8 Å².